The quantitative estimate of drug-likeness (QED) is 0.864. The average molecular weight is 272 g/mol. The number of carboxylic acids is 2. The molecule has 0 heterocycles. The topological polar surface area (TPSA) is 74.6 Å². The van der Waals surface area contributed by atoms with Crippen molar-refractivity contribution in [2.75, 3.05) is 0 Å². The fourth-order valence-corrected chi connectivity index (χ4v) is 2.60. The fourth-order valence-electron chi connectivity index (χ4n) is 2.60. The largest absolute Gasteiger partial charge is 0.481 e. The highest BCUT2D eigenvalue weighted by Crippen LogP contribution is 2.34. The Bertz CT molecular complexity index is 545. The molecule has 0 spiro atoms. The number of carbonyl (C=O) groups is 2. The van der Waals surface area contributed by atoms with Gasteiger partial charge in [-0.15, -0.1) is 0 Å². The molecule has 0 saturated carbocycles. The second kappa shape index (κ2) is 6.19. The van der Waals surface area contributed by atoms with Gasteiger partial charge in [-0.2, -0.15) is 0 Å². The van der Waals surface area contributed by atoms with Crippen molar-refractivity contribution in [3.05, 3.63) is 60.2 Å². The summed E-state index contributed by atoms with van der Waals surface area (Å²) in [5, 5.41) is 19.0. The molecule has 0 saturated heterocycles. The van der Waals surface area contributed by atoms with Crippen molar-refractivity contribution in [1.29, 1.82) is 0 Å². The van der Waals surface area contributed by atoms with Gasteiger partial charge in [0, 0.05) is 0 Å². The zero-order valence-corrected chi connectivity index (χ0v) is 10.8. The summed E-state index contributed by atoms with van der Waals surface area (Å²) in [6.45, 7) is 0. The fraction of sp³-hybridized carbons (Fsp3) is 0.250. The molecule has 4 heteroatoms. The van der Waals surface area contributed by atoms with Gasteiger partial charge in [0.15, 0.2) is 0 Å². The van der Waals surface area contributed by atoms with Crippen LogP contribution in [-0.2, 0) is 9.59 Å². The van der Waals surface area contributed by atoms with Crippen LogP contribution in [0.3, 0.4) is 0 Å². The van der Waals surface area contributed by atoms with Crippen molar-refractivity contribution < 1.29 is 19.8 Å². The molecule has 0 aliphatic heterocycles. The van der Waals surface area contributed by atoms with Gasteiger partial charge in [-0.1, -0.05) is 54.6 Å². The molecular formula is C16H16O4. The van der Waals surface area contributed by atoms with Crippen LogP contribution in [0.4, 0.5) is 0 Å². The van der Waals surface area contributed by atoms with Gasteiger partial charge in [-0.3, -0.25) is 9.59 Å². The summed E-state index contributed by atoms with van der Waals surface area (Å²) in [6.07, 6.45) is 7.80. The molecule has 4 nitrogen and oxygen atoms in total. The van der Waals surface area contributed by atoms with E-state index in [0.717, 1.165) is 0 Å². The number of allylic oxidation sites excluding steroid dienone is 4. The van der Waals surface area contributed by atoms with Gasteiger partial charge in [0.1, 0.15) is 0 Å². The molecule has 0 aromatic heterocycles. The number of hydrogen-bond acceptors (Lipinski definition) is 2. The van der Waals surface area contributed by atoms with Crippen molar-refractivity contribution in [1.82, 2.24) is 0 Å². The number of carboxylic acid groups (broad SMARTS) is 2. The van der Waals surface area contributed by atoms with Gasteiger partial charge >= 0.3 is 11.9 Å². The molecular weight excluding hydrogens is 256 g/mol. The first-order valence-electron chi connectivity index (χ1n) is 6.45. The van der Waals surface area contributed by atoms with Crippen LogP contribution >= 0.6 is 0 Å². The Morgan fingerprint density at radius 2 is 1.75 bits per heavy atom. The third-order valence-electron chi connectivity index (χ3n) is 3.54. The zero-order valence-electron chi connectivity index (χ0n) is 10.8. The molecule has 3 atom stereocenters. The monoisotopic (exact) mass is 272 g/mol. The summed E-state index contributed by atoms with van der Waals surface area (Å²) in [5.74, 6) is -4.51. The molecule has 2 N–H and O–H groups in total. The lowest BCUT2D eigenvalue weighted by Gasteiger charge is -2.27. The minimum absolute atomic E-state index is 0.307. The molecule has 1 aliphatic carbocycles. The maximum Gasteiger partial charge on any atom is 0.311 e. The van der Waals surface area contributed by atoms with Gasteiger partial charge in [0.05, 0.1) is 11.8 Å². The van der Waals surface area contributed by atoms with Crippen LogP contribution < -0.4 is 0 Å². The maximum absolute atomic E-state index is 11.6. The molecule has 1 aromatic carbocycles. The van der Waals surface area contributed by atoms with Crippen molar-refractivity contribution in [3.8, 4) is 0 Å². The smallest absolute Gasteiger partial charge is 0.311 e. The van der Waals surface area contributed by atoms with E-state index in [-0.39, 0.29) is 5.92 Å². The molecule has 1 aromatic rings. The van der Waals surface area contributed by atoms with Crippen LogP contribution in [0.5, 0.6) is 0 Å². The van der Waals surface area contributed by atoms with E-state index < -0.39 is 23.8 Å². The number of aliphatic carboxylic acids is 2. The van der Waals surface area contributed by atoms with Gasteiger partial charge < -0.3 is 10.2 Å². The summed E-state index contributed by atoms with van der Waals surface area (Å²) in [5.41, 5.74) is 0.523. The summed E-state index contributed by atoms with van der Waals surface area (Å²) in [6, 6.07) is 8.55. The van der Waals surface area contributed by atoms with Crippen LogP contribution in [0.15, 0.2) is 54.6 Å². The van der Waals surface area contributed by atoms with E-state index in [1.54, 1.807) is 42.5 Å². The molecule has 0 amide bonds. The van der Waals surface area contributed by atoms with Crippen LogP contribution in [0.1, 0.15) is 17.9 Å². The molecule has 0 radical (unpaired) electrons. The van der Waals surface area contributed by atoms with Gasteiger partial charge in [-0.25, -0.2) is 0 Å². The number of benzene rings is 1. The van der Waals surface area contributed by atoms with E-state index in [4.69, 9.17) is 0 Å². The average Bonchev–Trinajstić information content (AvgIpc) is 2.45. The van der Waals surface area contributed by atoms with E-state index in [1.165, 1.54) is 0 Å². The third kappa shape index (κ3) is 2.96. The Hall–Kier alpha value is -2.36. The standard InChI is InChI=1S/C16H16O4/c17-15(18)13(11-7-3-1-4-8-11)14(16(19)20)12-9-5-2-6-10-12/h1-9,12-14H,10H2,(H,17,18)(H,19,20)/t12?,13-,14+/m0/s1. The Morgan fingerprint density at radius 1 is 1.05 bits per heavy atom. The van der Waals surface area contributed by atoms with E-state index in [1.807, 2.05) is 12.2 Å². The second-order valence-electron chi connectivity index (χ2n) is 4.80. The van der Waals surface area contributed by atoms with Crippen molar-refractivity contribution in [2.24, 2.45) is 11.8 Å². The predicted molar refractivity (Wildman–Crippen MR) is 74.3 cm³/mol. The van der Waals surface area contributed by atoms with Crippen molar-refractivity contribution in [3.63, 3.8) is 0 Å². The second-order valence-corrected chi connectivity index (χ2v) is 4.80. The molecule has 1 unspecified atom stereocenters. The van der Waals surface area contributed by atoms with Crippen molar-refractivity contribution in [2.45, 2.75) is 12.3 Å². The molecule has 104 valence electrons. The summed E-state index contributed by atoms with van der Waals surface area (Å²) in [7, 11) is 0. The van der Waals surface area contributed by atoms with E-state index in [0.29, 0.717) is 12.0 Å². The highest BCUT2D eigenvalue weighted by Gasteiger charge is 2.39. The van der Waals surface area contributed by atoms with Crippen LogP contribution in [-0.4, -0.2) is 22.2 Å². The third-order valence-corrected chi connectivity index (χ3v) is 3.54. The van der Waals surface area contributed by atoms with Crippen LogP contribution in [0.2, 0.25) is 0 Å². The Kier molecular flexibility index (Phi) is 4.35. The lowest BCUT2D eigenvalue weighted by molar-refractivity contribution is -0.151. The van der Waals surface area contributed by atoms with E-state index >= 15 is 0 Å². The van der Waals surface area contributed by atoms with E-state index in [9.17, 15) is 19.8 Å². The first kappa shape index (κ1) is 14.1. The maximum atomic E-state index is 11.6. The van der Waals surface area contributed by atoms with Gasteiger partial charge in [0.2, 0.25) is 0 Å². The summed E-state index contributed by atoms with van der Waals surface area (Å²) >= 11 is 0. The normalized spacial score (nSPS) is 20.3. The van der Waals surface area contributed by atoms with Crippen LogP contribution in [0, 0.1) is 11.8 Å². The molecule has 0 bridgehead atoms. The van der Waals surface area contributed by atoms with E-state index in [2.05, 4.69) is 0 Å². The van der Waals surface area contributed by atoms with Gasteiger partial charge in [-0.05, 0) is 17.9 Å². The summed E-state index contributed by atoms with van der Waals surface area (Å²) < 4.78 is 0. The Balaban J connectivity index is 2.38. The molecule has 1 aliphatic rings. The summed E-state index contributed by atoms with van der Waals surface area (Å²) in [4.78, 5) is 23.2. The van der Waals surface area contributed by atoms with Crippen LogP contribution in [0.25, 0.3) is 0 Å². The molecule has 0 fully saturated rings. The Morgan fingerprint density at radius 3 is 2.25 bits per heavy atom. The Labute approximate surface area is 117 Å². The first-order chi connectivity index (χ1) is 9.61. The number of rotatable bonds is 5. The zero-order chi connectivity index (χ0) is 14.5. The number of hydrogen-bond donors (Lipinski definition) is 2. The molecule has 2 rings (SSSR count). The van der Waals surface area contributed by atoms with Crippen molar-refractivity contribution >= 4 is 11.9 Å². The lowest BCUT2D eigenvalue weighted by atomic mass is 9.75. The highest BCUT2D eigenvalue weighted by atomic mass is 16.4. The highest BCUT2D eigenvalue weighted by molar-refractivity contribution is 5.84. The van der Waals surface area contributed by atoms with Gasteiger partial charge in [0.25, 0.3) is 0 Å². The lowest BCUT2D eigenvalue weighted by Crippen LogP contribution is -2.33. The predicted octanol–water partition coefficient (Wildman–Crippen LogP) is 2.69. The minimum atomic E-state index is -1.11. The first-order valence-corrected chi connectivity index (χ1v) is 6.45. The SMILES string of the molecule is O=C(O)[C@H](C1C=CC=CC1)[C@@H](C(=O)O)c1ccccc1. The molecule has 20 heavy (non-hydrogen) atoms. The minimum Gasteiger partial charge on any atom is -0.481 e.